The maximum Gasteiger partial charge on any atom is 0.308 e. The quantitative estimate of drug-likeness (QED) is 0.910. The van der Waals surface area contributed by atoms with Gasteiger partial charge in [-0.05, 0) is 49.9 Å². The summed E-state index contributed by atoms with van der Waals surface area (Å²) in [6.07, 6.45) is 1.71. The molecule has 1 aromatic carbocycles. The van der Waals surface area contributed by atoms with Crippen molar-refractivity contribution in [3.63, 3.8) is 0 Å². The first-order valence-corrected chi connectivity index (χ1v) is 6.66. The van der Waals surface area contributed by atoms with Gasteiger partial charge in [0.2, 0.25) is 0 Å². The lowest BCUT2D eigenvalue weighted by Gasteiger charge is -2.33. The second kappa shape index (κ2) is 5.51. The number of hydrogen-bond donors (Lipinski definition) is 1. The molecule has 0 aromatic heterocycles. The molecule has 4 nitrogen and oxygen atoms in total. The number of piperidine rings is 1. The van der Waals surface area contributed by atoms with Crippen molar-refractivity contribution in [3.8, 4) is 5.75 Å². The second-order valence-electron chi connectivity index (χ2n) is 5.24. The van der Waals surface area contributed by atoms with Gasteiger partial charge >= 0.3 is 5.97 Å². The van der Waals surface area contributed by atoms with Gasteiger partial charge in [0.25, 0.3) is 0 Å². The highest BCUT2D eigenvalue weighted by Gasteiger charge is 2.25. The molecular formula is C15H21NO3. The second-order valence-corrected chi connectivity index (χ2v) is 5.24. The first kappa shape index (κ1) is 13.7. The van der Waals surface area contributed by atoms with E-state index in [1.54, 1.807) is 7.11 Å². The lowest BCUT2D eigenvalue weighted by molar-refractivity contribution is -0.141. The van der Waals surface area contributed by atoms with E-state index >= 15 is 0 Å². The normalized spacial score (nSPS) is 19.3. The van der Waals surface area contributed by atoms with Crippen molar-refractivity contribution in [2.24, 2.45) is 5.92 Å². The Morgan fingerprint density at radius 3 is 2.53 bits per heavy atom. The molecule has 0 spiro atoms. The van der Waals surface area contributed by atoms with Crippen molar-refractivity contribution in [1.29, 1.82) is 0 Å². The molecule has 1 aromatic rings. The maximum absolute atomic E-state index is 11.1. The molecule has 0 amide bonds. The molecule has 0 radical (unpaired) electrons. The molecule has 0 saturated carbocycles. The standard InChI is InChI=1S/C15H21NO3/c1-10-7-13(8-11(2)14(10)19-3)16-6-4-5-12(9-16)15(17)18/h7-8,12H,4-6,9H2,1-3H3,(H,17,18). The molecular weight excluding hydrogens is 242 g/mol. The Bertz CT molecular complexity index is 461. The predicted molar refractivity (Wildman–Crippen MR) is 75.0 cm³/mol. The zero-order chi connectivity index (χ0) is 14.0. The van der Waals surface area contributed by atoms with Gasteiger partial charge in [0.05, 0.1) is 13.0 Å². The van der Waals surface area contributed by atoms with Crippen LogP contribution in [-0.2, 0) is 4.79 Å². The molecule has 1 saturated heterocycles. The molecule has 1 heterocycles. The van der Waals surface area contributed by atoms with Gasteiger partial charge < -0.3 is 14.7 Å². The first-order chi connectivity index (χ1) is 9.02. The van der Waals surface area contributed by atoms with E-state index in [4.69, 9.17) is 9.84 Å². The molecule has 1 aliphatic rings. The number of methoxy groups -OCH3 is 1. The number of ether oxygens (including phenoxy) is 1. The van der Waals surface area contributed by atoms with E-state index in [1.807, 2.05) is 13.8 Å². The zero-order valence-corrected chi connectivity index (χ0v) is 11.8. The number of nitrogens with zero attached hydrogens (tertiary/aromatic N) is 1. The van der Waals surface area contributed by atoms with Gasteiger partial charge in [-0.3, -0.25) is 4.79 Å². The highest BCUT2D eigenvalue weighted by atomic mass is 16.5. The Labute approximate surface area is 114 Å². The van der Waals surface area contributed by atoms with E-state index in [1.165, 1.54) is 0 Å². The van der Waals surface area contributed by atoms with Crippen LogP contribution in [0, 0.1) is 19.8 Å². The van der Waals surface area contributed by atoms with Crippen molar-refractivity contribution >= 4 is 11.7 Å². The van der Waals surface area contributed by atoms with E-state index in [2.05, 4.69) is 17.0 Å². The van der Waals surface area contributed by atoms with Crippen LogP contribution >= 0.6 is 0 Å². The zero-order valence-electron chi connectivity index (χ0n) is 11.8. The number of benzene rings is 1. The summed E-state index contributed by atoms with van der Waals surface area (Å²) in [4.78, 5) is 13.3. The fourth-order valence-electron chi connectivity index (χ4n) is 2.85. The number of hydrogen-bond acceptors (Lipinski definition) is 3. The fourth-order valence-corrected chi connectivity index (χ4v) is 2.85. The predicted octanol–water partition coefficient (Wildman–Crippen LogP) is 2.61. The minimum atomic E-state index is -0.688. The number of rotatable bonds is 3. The van der Waals surface area contributed by atoms with E-state index in [9.17, 15) is 4.79 Å². The molecule has 2 rings (SSSR count). The fraction of sp³-hybridized carbons (Fsp3) is 0.533. The third kappa shape index (κ3) is 2.83. The SMILES string of the molecule is COc1c(C)cc(N2CCCC(C(=O)O)C2)cc1C. The van der Waals surface area contributed by atoms with Crippen LogP contribution < -0.4 is 9.64 Å². The third-order valence-electron chi connectivity index (χ3n) is 3.78. The van der Waals surface area contributed by atoms with Crippen LogP contribution in [0.1, 0.15) is 24.0 Å². The molecule has 0 aliphatic carbocycles. The van der Waals surface area contributed by atoms with Crippen molar-refractivity contribution in [1.82, 2.24) is 0 Å². The Hall–Kier alpha value is -1.71. The summed E-state index contributed by atoms with van der Waals surface area (Å²) in [6, 6.07) is 4.16. The van der Waals surface area contributed by atoms with E-state index in [-0.39, 0.29) is 5.92 Å². The monoisotopic (exact) mass is 263 g/mol. The van der Waals surface area contributed by atoms with E-state index < -0.39 is 5.97 Å². The lowest BCUT2D eigenvalue weighted by atomic mass is 9.97. The molecule has 1 unspecified atom stereocenters. The smallest absolute Gasteiger partial charge is 0.308 e. The number of carboxylic acids is 1. The van der Waals surface area contributed by atoms with Crippen LogP contribution in [0.4, 0.5) is 5.69 Å². The summed E-state index contributed by atoms with van der Waals surface area (Å²) < 4.78 is 5.36. The molecule has 1 aliphatic heterocycles. The lowest BCUT2D eigenvalue weighted by Crippen LogP contribution is -2.38. The average molecular weight is 263 g/mol. The van der Waals surface area contributed by atoms with Crippen molar-refractivity contribution in [2.45, 2.75) is 26.7 Å². The summed E-state index contributed by atoms with van der Waals surface area (Å²) in [5.41, 5.74) is 3.28. The van der Waals surface area contributed by atoms with Gasteiger partial charge in [-0.2, -0.15) is 0 Å². The molecule has 19 heavy (non-hydrogen) atoms. The average Bonchev–Trinajstić information content (AvgIpc) is 2.38. The molecule has 1 atom stereocenters. The number of carbonyl (C=O) groups is 1. The summed E-state index contributed by atoms with van der Waals surface area (Å²) in [6.45, 7) is 5.57. The molecule has 104 valence electrons. The molecule has 0 bridgehead atoms. The van der Waals surface area contributed by atoms with Crippen LogP contribution in [0.2, 0.25) is 0 Å². The Balaban J connectivity index is 2.24. The van der Waals surface area contributed by atoms with Gasteiger partial charge in [-0.1, -0.05) is 0 Å². The first-order valence-electron chi connectivity index (χ1n) is 6.66. The van der Waals surface area contributed by atoms with Crippen LogP contribution in [0.25, 0.3) is 0 Å². The van der Waals surface area contributed by atoms with E-state index in [0.29, 0.717) is 6.54 Å². The van der Waals surface area contributed by atoms with Gasteiger partial charge in [0, 0.05) is 18.8 Å². The number of aliphatic carboxylic acids is 1. The summed E-state index contributed by atoms with van der Waals surface area (Å²) in [5.74, 6) is -0.0290. The Morgan fingerprint density at radius 2 is 2.00 bits per heavy atom. The summed E-state index contributed by atoms with van der Waals surface area (Å²) in [7, 11) is 1.68. The molecule has 1 N–H and O–H groups in total. The van der Waals surface area contributed by atoms with Crippen LogP contribution in [-0.4, -0.2) is 31.3 Å². The van der Waals surface area contributed by atoms with Crippen LogP contribution in [0.3, 0.4) is 0 Å². The van der Waals surface area contributed by atoms with Gasteiger partial charge in [-0.25, -0.2) is 0 Å². The van der Waals surface area contributed by atoms with Gasteiger partial charge in [0.15, 0.2) is 0 Å². The van der Waals surface area contributed by atoms with E-state index in [0.717, 1.165) is 42.0 Å². The highest BCUT2D eigenvalue weighted by Crippen LogP contribution is 2.31. The van der Waals surface area contributed by atoms with Gasteiger partial charge in [-0.15, -0.1) is 0 Å². The number of aryl methyl sites for hydroxylation is 2. The minimum Gasteiger partial charge on any atom is -0.496 e. The van der Waals surface area contributed by atoms with Crippen LogP contribution in [0.5, 0.6) is 5.75 Å². The maximum atomic E-state index is 11.1. The van der Waals surface area contributed by atoms with Crippen molar-refractivity contribution in [2.75, 3.05) is 25.1 Å². The van der Waals surface area contributed by atoms with Crippen molar-refractivity contribution < 1.29 is 14.6 Å². The minimum absolute atomic E-state index is 0.253. The van der Waals surface area contributed by atoms with Crippen molar-refractivity contribution in [3.05, 3.63) is 23.3 Å². The molecule has 1 fully saturated rings. The molecule has 4 heteroatoms. The topological polar surface area (TPSA) is 49.8 Å². The summed E-state index contributed by atoms with van der Waals surface area (Å²) in [5, 5.41) is 9.15. The number of carboxylic acid groups (broad SMARTS) is 1. The highest BCUT2D eigenvalue weighted by molar-refractivity contribution is 5.71. The largest absolute Gasteiger partial charge is 0.496 e. The van der Waals surface area contributed by atoms with Gasteiger partial charge in [0.1, 0.15) is 5.75 Å². The third-order valence-corrected chi connectivity index (χ3v) is 3.78. The van der Waals surface area contributed by atoms with Crippen LogP contribution in [0.15, 0.2) is 12.1 Å². The Morgan fingerprint density at radius 1 is 1.37 bits per heavy atom. The summed E-state index contributed by atoms with van der Waals surface area (Å²) >= 11 is 0. The number of anilines is 1. The Kier molecular flexibility index (Phi) is 3.98.